The highest BCUT2D eigenvalue weighted by atomic mass is 79.9. The molecule has 1 aliphatic rings. The third-order valence-electron chi connectivity index (χ3n) is 4.26. The van der Waals surface area contributed by atoms with E-state index in [0.717, 1.165) is 35.2 Å². The number of carbonyl (C=O) groups excluding carboxylic acids is 1. The molecule has 2 aromatic rings. The number of carbonyl (C=O) groups is 1. The van der Waals surface area contributed by atoms with Gasteiger partial charge in [0.25, 0.3) is 6.43 Å². The third-order valence-corrected chi connectivity index (χ3v) is 4.92. The fourth-order valence-electron chi connectivity index (χ4n) is 2.66. The standard InChI is InChI=1S/C16H20BrF2N5O/c1-3-23-7-11(17)13(20-23)8-22(2)15(25)9-24-14(10-4-5-10)6-12(21-24)16(18)19/h6-7,10,16H,3-5,8-9H2,1-2H3. The first-order valence-electron chi connectivity index (χ1n) is 8.20. The topological polar surface area (TPSA) is 56.0 Å². The Balaban J connectivity index is 1.70. The number of alkyl halides is 2. The molecule has 0 atom stereocenters. The smallest absolute Gasteiger partial charge is 0.282 e. The maximum atomic E-state index is 12.9. The minimum absolute atomic E-state index is 0.0405. The van der Waals surface area contributed by atoms with Crippen LogP contribution in [-0.4, -0.2) is 37.4 Å². The number of rotatable bonds is 7. The van der Waals surface area contributed by atoms with E-state index in [1.54, 1.807) is 11.7 Å². The molecule has 0 radical (unpaired) electrons. The predicted molar refractivity (Wildman–Crippen MR) is 91.2 cm³/mol. The third kappa shape index (κ3) is 4.08. The summed E-state index contributed by atoms with van der Waals surface area (Å²) in [6.45, 7) is 3.02. The molecule has 0 saturated heterocycles. The van der Waals surface area contributed by atoms with E-state index in [2.05, 4.69) is 26.1 Å². The normalized spacial score (nSPS) is 14.3. The Morgan fingerprint density at radius 2 is 2.16 bits per heavy atom. The highest BCUT2D eigenvalue weighted by molar-refractivity contribution is 9.10. The Morgan fingerprint density at radius 3 is 2.72 bits per heavy atom. The lowest BCUT2D eigenvalue weighted by atomic mass is 10.2. The van der Waals surface area contributed by atoms with Crippen molar-refractivity contribution in [2.75, 3.05) is 7.05 Å². The van der Waals surface area contributed by atoms with E-state index < -0.39 is 6.43 Å². The lowest BCUT2D eigenvalue weighted by molar-refractivity contribution is -0.131. The zero-order valence-electron chi connectivity index (χ0n) is 14.1. The van der Waals surface area contributed by atoms with E-state index in [9.17, 15) is 13.6 Å². The van der Waals surface area contributed by atoms with Crippen molar-refractivity contribution >= 4 is 21.8 Å². The average molecular weight is 416 g/mol. The molecule has 0 N–H and O–H groups in total. The molecule has 3 rings (SSSR count). The van der Waals surface area contributed by atoms with E-state index >= 15 is 0 Å². The van der Waals surface area contributed by atoms with Crippen molar-refractivity contribution in [1.82, 2.24) is 24.5 Å². The van der Waals surface area contributed by atoms with Crippen LogP contribution in [0.1, 0.15) is 49.2 Å². The summed E-state index contributed by atoms with van der Waals surface area (Å²) < 4.78 is 29.9. The monoisotopic (exact) mass is 415 g/mol. The fraction of sp³-hybridized carbons (Fsp3) is 0.562. The van der Waals surface area contributed by atoms with Gasteiger partial charge in [-0.1, -0.05) is 0 Å². The van der Waals surface area contributed by atoms with Crippen LogP contribution in [0.15, 0.2) is 16.7 Å². The number of hydrogen-bond acceptors (Lipinski definition) is 3. The highest BCUT2D eigenvalue weighted by Crippen LogP contribution is 2.41. The maximum absolute atomic E-state index is 12.9. The van der Waals surface area contributed by atoms with Crippen molar-refractivity contribution in [3.8, 4) is 0 Å². The van der Waals surface area contributed by atoms with Crippen molar-refractivity contribution < 1.29 is 13.6 Å². The van der Waals surface area contributed by atoms with Gasteiger partial charge in [0.2, 0.25) is 5.91 Å². The van der Waals surface area contributed by atoms with Crippen molar-refractivity contribution in [3.05, 3.63) is 33.8 Å². The Kier molecular flexibility index (Phi) is 5.21. The Morgan fingerprint density at radius 1 is 1.44 bits per heavy atom. The number of nitrogens with zero attached hydrogens (tertiary/aromatic N) is 5. The second-order valence-electron chi connectivity index (χ2n) is 6.26. The molecule has 1 amide bonds. The molecule has 1 fully saturated rings. The molecular formula is C16H20BrF2N5O. The van der Waals surface area contributed by atoms with Gasteiger partial charge in [-0.25, -0.2) is 8.78 Å². The van der Waals surface area contributed by atoms with Gasteiger partial charge in [-0.2, -0.15) is 10.2 Å². The first kappa shape index (κ1) is 18.0. The second kappa shape index (κ2) is 7.23. The van der Waals surface area contributed by atoms with Crippen LogP contribution in [-0.2, 0) is 24.4 Å². The molecule has 2 heterocycles. The van der Waals surface area contributed by atoms with Crippen LogP contribution in [0.2, 0.25) is 0 Å². The summed E-state index contributed by atoms with van der Waals surface area (Å²) in [6, 6.07) is 1.43. The summed E-state index contributed by atoms with van der Waals surface area (Å²) in [5.74, 6) is 0.0521. The van der Waals surface area contributed by atoms with Gasteiger partial charge in [0.1, 0.15) is 12.2 Å². The Bertz CT molecular complexity index is 769. The van der Waals surface area contributed by atoms with Crippen molar-refractivity contribution in [3.63, 3.8) is 0 Å². The van der Waals surface area contributed by atoms with E-state index in [0.29, 0.717) is 6.54 Å². The van der Waals surface area contributed by atoms with Crippen molar-refractivity contribution in [2.45, 2.75) is 51.7 Å². The molecule has 9 heteroatoms. The Hall–Kier alpha value is -1.77. The van der Waals surface area contributed by atoms with Crippen LogP contribution in [0.3, 0.4) is 0 Å². The zero-order chi connectivity index (χ0) is 18.1. The van der Waals surface area contributed by atoms with Gasteiger partial charge in [0.15, 0.2) is 0 Å². The summed E-state index contributed by atoms with van der Waals surface area (Å²) in [4.78, 5) is 14.0. The van der Waals surface area contributed by atoms with Gasteiger partial charge in [-0.3, -0.25) is 14.2 Å². The average Bonchev–Trinajstić information content (AvgIpc) is 3.23. The number of aromatic nitrogens is 4. The minimum Gasteiger partial charge on any atom is -0.338 e. The molecule has 0 aliphatic heterocycles. The molecule has 0 unspecified atom stereocenters. The predicted octanol–water partition coefficient (Wildman–Crippen LogP) is 3.34. The minimum atomic E-state index is -2.62. The lowest BCUT2D eigenvalue weighted by Gasteiger charge is -2.17. The van der Waals surface area contributed by atoms with Gasteiger partial charge < -0.3 is 4.90 Å². The molecule has 2 aromatic heterocycles. The molecule has 0 bridgehead atoms. The molecule has 1 saturated carbocycles. The first-order valence-corrected chi connectivity index (χ1v) is 9.00. The molecule has 6 nitrogen and oxygen atoms in total. The van der Waals surface area contributed by atoms with Gasteiger partial charge in [0.05, 0.1) is 16.7 Å². The molecule has 136 valence electrons. The van der Waals surface area contributed by atoms with E-state index in [-0.39, 0.29) is 24.1 Å². The molecule has 0 aromatic carbocycles. The second-order valence-corrected chi connectivity index (χ2v) is 7.11. The fourth-order valence-corrected chi connectivity index (χ4v) is 3.10. The van der Waals surface area contributed by atoms with Crippen LogP contribution in [0, 0.1) is 0 Å². The summed E-state index contributed by atoms with van der Waals surface area (Å²) in [5.41, 5.74) is 1.23. The van der Waals surface area contributed by atoms with E-state index in [1.165, 1.54) is 15.6 Å². The summed E-state index contributed by atoms with van der Waals surface area (Å²) >= 11 is 3.44. The number of likely N-dealkylation sites (N-methyl/N-ethyl adjacent to an activating group) is 1. The number of amides is 1. The molecular weight excluding hydrogens is 396 g/mol. The lowest BCUT2D eigenvalue weighted by Crippen LogP contribution is -2.31. The van der Waals surface area contributed by atoms with Gasteiger partial charge in [-0.15, -0.1) is 0 Å². The van der Waals surface area contributed by atoms with Crippen LogP contribution < -0.4 is 0 Å². The van der Waals surface area contributed by atoms with Gasteiger partial charge in [-0.05, 0) is 41.8 Å². The van der Waals surface area contributed by atoms with Crippen LogP contribution in [0.25, 0.3) is 0 Å². The summed E-state index contributed by atoms with van der Waals surface area (Å²) in [5, 5.41) is 8.32. The summed E-state index contributed by atoms with van der Waals surface area (Å²) in [7, 11) is 1.67. The van der Waals surface area contributed by atoms with Crippen LogP contribution in [0.5, 0.6) is 0 Å². The first-order chi connectivity index (χ1) is 11.9. The maximum Gasteiger partial charge on any atom is 0.282 e. The van der Waals surface area contributed by atoms with E-state index in [4.69, 9.17) is 0 Å². The zero-order valence-corrected chi connectivity index (χ0v) is 15.7. The number of halogens is 3. The molecule has 0 spiro atoms. The van der Waals surface area contributed by atoms with Crippen LogP contribution in [0.4, 0.5) is 8.78 Å². The number of aryl methyl sites for hydroxylation is 1. The SMILES string of the molecule is CCn1cc(Br)c(CN(C)C(=O)Cn2nc(C(F)F)cc2C2CC2)n1. The Labute approximate surface area is 152 Å². The van der Waals surface area contributed by atoms with Crippen molar-refractivity contribution in [2.24, 2.45) is 0 Å². The van der Waals surface area contributed by atoms with Crippen LogP contribution >= 0.6 is 15.9 Å². The van der Waals surface area contributed by atoms with Gasteiger partial charge >= 0.3 is 0 Å². The van der Waals surface area contributed by atoms with Crippen molar-refractivity contribution in [1.29, 1.82) is 0 Å². The quantitative estimate of drug-likeness (QED) is 0.696. The largest absolute Gasteiger partial charge is 0.338 e. The molecule has 1 aliphatic carbocycles. The molecule has 25 heavy (non-hydrogen) atoms. The number of hydrogen-bond donors (Lipinski definition) is 0. The van der Waals surface area contributed by atoms with Gasteiger partial charge in [0, 0.05) is 31.4 Å². The highest BCUT2D eigenvalue weighted by Gasteiger charge is 2.30. The van der Waals surface area contributed by atoms with E-state index in [1.807, 2.05) is 13.1 Å². The summed E-state index contributed by atoms with van der Waals surface area (Å²) in [6.07, 6.45) is 1.15.